The topological polar surface area (TPSA) is 55.4 Å². The molecule has 3 aromatic rings. The zero-order valence-electron chi connectivity index (χ0n) is 11.9. The Balaban J connectivity index is 1.54. The molecule has 0 saturated heterocycles. The number of furan rings is 2. The van der Waals surface area contributed by atoms with Gasteiger partial charge in [-0.1, -0.05) is 30.3 Å². The van der Waals surface area contributed by atoms with Crippen LogP contribution in [-0.2, 0) is 11.3 Å². The summed E-state index contributed by atoms with van der Waals surface area (Å²) in [7, 11) is 0. The fourth-order valence-corrected chi connectivity index (χ4v) is 1.99. The molecule has 0 aliphatic carbocycles. The molecule has 0 spiro atoms. The molecular formula is C18H15NO3. The minimum Gasteiger partial charge on any atom is -0.461 e. The Bertz CT molecular complexity index is 755. The number of carbonyl (C=O) groups is 1. The molecule has 0 radical (unpaired) electrons. The molecule has 4 heteroatoms. The van der Waals surface area contributed by atoms with E-state index in [1.807, 2.05) is 48.5 Å². The van der Waals surface area contributed by atoms with E-state index in [9.17, 15) is 4.79 Å². The number of benzene rings is 1. The summed E-state index contributed by atoms with van der Waals surface area (Å²) in [6.45, 7) is 0.332. The third-order valence-corrected chi connectivity index (χ3v) is 3.09. The smallest absolute Gasteiger partial charge is 0.244 e. The average molecular weight is 293 g/mol. The highest BCUT2D eigenvalue weighted by Gasteiger charge is 2.07. The minimum atomic E-state index is -0.167. The molecular weight excluding hydrogens is 278 g/mol. The predicted octanol–water partition coefficient (Wildman–Crippen LogP) is 3.87. The largest absolute Gasteiger partial charge is 0.461 e. The first-order valence-corrected chi connectivity index (χ1v) is 6.95. The normalized spacial score (nSPS) is 10.9. The minimum absolute atomic E-state index is 0.167. The summed E-state index contributed by atoms with van der Waals surface area (Å²) in [5.74, 6) is 1.82. The van der Waals surface area contributed by atoms with Crippen LogP contribution in [0, 0.1) is 0 Å². The van der Waals surface area contributed by atoms with Gasteiger partial charge in [0.1, 0.15) is 5.76 Å². The summed E-state index contributed by atoms with van der Waals surface area (Å²) in [5, 5.41) is 2.78. The van der Waals surface area contributed by atoms with Crippen LogP contribution in [0.4, 0.5) is 0 Å². The number of rotatable bonds is 5. The molecule has 0 fully saturated rings. The highest BCUT2D eigenvalue weighted by molar-refractivity contribution is 5.91. The zero-order valence-corrected chi connectivity index (χ0v) is 11.9. The van der Waals surface area contributed by atoms with Crippen molar-refractivity contribution in [2.45, 2.75) is 6.54 Å². The lowest BCUT2D eigenvalue weighted by Gasteiger charge is -1.99. The van der Waals surface area contributed by atoms with Gasteiger partial charge in [-0.3, -0.25) is 4.79 Å². The summed E-state index contributed by atoms with van der Waals surface area (Å²) < 4.78 is 10.9. The van der Waals surface area contributed by atoms with Gasteiger partial charge in [0, 0.05) is 6.08 Å². The quantitative estimate of drug-likeness (QED) is 0.726. The molecule has 0 atom stereocenters. The highest BCUT2D eigenvalue weighted by atomic mass is 16.4. The molecule has 0 aliphatic rings. The number of carbonyl (C=O) groups excluding carboxylic acids is 1. The Morgan fingerprint density at radius 1 is 1.00 bits per heavy atom. The van der Waals surface area contributed by atoms with E-state index in [4.69, 9.17) is 8.83 Å². The molecule has 3 rings (SSSR count). The van der Waals surface area contributed by atoms with Crippen molar-refractivity contribution in [3.05, 3.63) is 78.3 Å². The molecule has 1 aromatic carbocycles. The molecule has 22 heavy (non-hydrogen) atoms. The summed E-state index contributed by atoms with van der Waals surface area (Å²) in [5.41, 5.74) is 0.982. The zero-order chi connectivity index (χ0) is 15.2. The van der Waals surface area contributed by atoms with E-state index >= 15 is 0 Å². The SMILES string of the molecule is O=C(/C=C/c1ccccc1)NCc1ccc(-c2ccco2)o1. The Labute approximate surface area is 128 Å². The van der Waals surface area contributed by atoms with Crippen molar-refractivity contribution in [1.29, 1.82) is 0 Å². The van der Waals surface area contributed by atoms with Crippen molar-refractivity contribution in [2.75, 3.05) is 0 Å². The Kier molecular flexibility index (Phi) is 4.20. The first kappa shape index (κ1) is 13.9. The number of hydrogen-bond donors (Lipinski definition) is 1. The first-order valence-electron chi connectivity index (χ1n) is 6.95. The molecule has 1 amide bonds. The van der Waals surface area contributed by atoms with E-state index in [0.29, 0.717) is 23.8 Å². The maximum Gasteiger partial charge on any atom is 0.244 e. The van der Waals surface area contributed by atoms with Crippen LogP contribution in [-0.4, -0.2) is 5.91 Å². The fraction of sp³-hybridized carbons (Fsp3) is 0.0556. The standard InChI is InChI=1S/C18H15NO3/c20-18(11-8-14-5-2-1-3-6-14)19-13-15-9-10-17(22-15)16-7-4-12-21-16/h1-12H,13H2,(H,19,20)/b11-8+. The molecule has 0 aliphatic heterocycles. The van der Waals surface area contributed by atoms with Crippen molar-refractivity contribution in [3.63, 3.8) is 0 Å². The van der Waals surface area contributed by atoms with Gasteiger partial charge in [0.2, 0.25) is 5.91 Å². The van der Waals surface area contributed by atoms with Crippen LogP contribution < -0.4 is 5.32 Å². The molecule has 110 valence electrons. The predicted molar refractivity (Wildman–Crippen MR) is 83.7 cm³/mol. The van der Waals surface area contributed by atoms with Crippen LogP contribution in [0.5, 0.6) is 0 Å². The van der Waals surface area contributed by atoms with Crippen LogP contribution in [0.25, 0.3) is 17.6 Å². The average Bonchev–Trinajstić information content (AvgIpc) is 3.22. The fourth-order valence-electron chi connectivity index (χ4n) is 1.99. The van der Waals surface area contributed by atoms with E-state index in [-0.39, 0.29) is 5.91 Å². The molecule has 2 heterocycles. The molecule has 0 unspecified atom stereocenters. The van der Waals surface area contributed by atoms with Gasteiger partial charge in [-0.2, -0.15) is 0 Å². The molecule has 2 aromatic heterocycles. The first-order chi connectivity index (χ1) is 10.8. The second kappa shape index (κ2) is 6.63. The van der Waals surface area contributed by atoms with Gasteiger partial charge in [-0.25, -0.2) is 0 Å². The lowest BCUT2D eigenvalue weighted by molar-refractivity contribution is -0.116. The second-order valence-corrected chi connectivity index (χ2v) is 4.71. The molecule has 4 nitrogen and oxygen atoms in total. The molecule has 1 N–H and O–H groups in total. The van der Waals surface area contributed by atoms with Crippen LogP contribution in [0.3, 0.4) is 0 Å². The van der Waals surface area contributed by atoms with Crippen molar-refractivity contribution in [1.82, 2.24) is 5.32 Å². The Morgan fingerprint density at radius 2 is 1.86 bits per heavy atom. The van der Waals surface area contributed by atoms with Gasteiger partial charge < -0.3 is 14.2 Å². The number of hydrogen-bond acceptors (Lipinski definition) is 3. The highest BCUT2D eigenvalue weighted by Crippen LogP contribution is 2.22. The van der Waals surface area contributed by atoms with Crippen molar-refractivity contribution in [3.8, 4) is 11.5 Å². The van der Waals surface area contributed by atoms with Gasteiger partial charge in [0.15, 0.2) is 11.5 Å². The summed E-state index contributed by atoms with van der Waals surface area (Å²) in [4.78, 5) is 11.8. The van der Waals surface area contributed by atoms with Crippen LogP contribution in [0.2, 0.25) is 0 Å². The van der Waals surface area contributed by atoms with E-state index in [1.54, 1.807) is 18.4 Å². The third-order valence-electron chi connectivity index (χ3n) is 3.09. The Hall–Kier alpha value is -3.01. The monoisotopic (exact) mass is 293 g/mol. The van der Waals surface area contributed by atoms with Crippen molar-refractivity contribution >= 4 is 12.0 Å². The maximum atomic E-state index is 11.8. The van der Waals surface area contributed by atoms with Crippen LogP contribution in [0.15, 0.2) is 75.8 Å². The maximum absolute atomic E-state index is 11.8. The Morgan fingerprint density at radius 3 is 2.64 bits per heavy atom. The third kappa shape index (κ3) is 3.55. The van der Waals surface area contributed by atoms with Gasteiger partial charge >= 0.3 is 0 Å². The van der Waals surface area contributed by atoms with Gasteiger partial charge in [-0.15, -0.1) is 0 Å². The lowest BCUT2D eigenvalue weighted by atomic mass is 10.2. The van der Waals surface area contributed by atoms with Gasteiger partial charge in [-0.05, 0) is 35.9 Å². The van der Waals surface area contributed by atoms with E-state index in [2.05, 4.69) is 5.32 Å². The van der Waals surface area contributed by atoms with Crippen molar-refractivity contribution in [2.24, 2.45) is 0 Å². The van der Waals surface area contributed by atoms with Gasteiger partial charge in [0.25, 0.3) is 0 Å². The van der Waals surface area contributed by atoms with E-state index in [1.165, 1.54) is 6.08 Å². The lowest BCUT2D eigenvalue weighted by Crippen LogP contribution is -2.19. The molecule has 0 bridgehead atoms. The van der Waals surface area contributed by atoms with Crippen LogP contribution in [0.1, 0.15) is 11.3 Å². The van der Waals surface area contributed by atoms with Gasteiger partial charge in [0.05, 0.1) is 12.8 Å². The van der Waals surface area contributed by atoms with E-state index < -0.39 is 0 Å². The summed E-state index contributed by atoms with van der Waals surface area (Å²) >= 11 is 0. The summed E-state index contributed by atoms with van der Waals surface area (Å²) in [6.07, 6.45) is 4.87. The molecule has 0 saturated carbocycles. The van der Waals surface area contributed by atoms with Crippen LogP contribution >= 0.6 is 0 Å². The van der Waals surface area contributed by atoms with E-state index in [0.717, 1.165) is 5.56 Å². The van der Waals surface area contributed by atoms with Crippen molar-refractivity contribution < 1.29 is 13.6 Å². The summed E-state index contributed by atoms with van der Waals surface area (Å²) in [6, 6.07) is 16.9. The second-order valence-electron chi connectivity index (χ2n) is 4.71. The number of nitrogens with one attached hydrogen (secondary N) is 1. The number of amides is 1.